The van der Waals surface area contributed by atoms with Gasteiger partial charge in [-0.25, -0.2) is 0 Å². The van der Waals surface area contributed by atoms with Crippen molar-refractivity contribution in [3.05, 3.63) is 0 Å². The zero-order chi connectivity index (χ0) is 13.1. The first-order valence-electron chi connectivity index (χ1n) is 3.07. The van der Waals surface area contributed by atoms with Crippen molar-refractivity contribution in [3.63, 3.8) is 0 Å². The van der Waals surface area contributed by atoms with Crippen LogP contribution in [0, 0.1) is 0 Å². The molecule has 0 aromatic rings. The van der Waals surface area contributed by atoms with Gasteiger partial charge >= 0.3 is 75.5 Å². The van der Waals surface area contributed by atoms with Crippen LogP contribution in [0.5, 0.6) is 0 Å². The average molecular weight is 328 g/mol. The number of carbonyl (C=O) groups is 1. The van der Waals surface area contributed by atoms with Gasteiger partial charge in [0.25, 0.3) is 0 Å². The Morgan fingerprint density at radius 3 is 1.24 bits per heavy atom. The molecule has 4 N–H and O–H groups in total. The smallest absolute Gasteiger partial charge is 0.790 e. The standard InChI is InChI=1S/C3H8O3.CH2O3.2Ca.H3O4P/c4-1-3(6)2-5;2-1(3)4;;;1-5(2,3)4/h3-6H,1-2H2;(H2,2,3,4);;;(H3,1,2,3,4)/q;;2*+2;/p-4. The first-order valence-corrected chi connectivity index (χ1v) is 4.56. The van der Waals surface area contributed by atoms with E-state index in [0.29, 0.717) is 0 Å². The van der Waals surface area contributed by atoms with Crippen molar-refractivity contribution >= 4 is 89.5 Å². The van der Waals surface area contributed by atoms with E-state index in [2.05, 4.69) is 0 Å². The monoisotopic (exact) mass is 328 g/mol. The van der Waals surface area contributed by atoms with E-state index < -0.39 is 20.1 Å². The fourth-order valence-corrected chi connectivity index (χ4v) is 0.0577. The maximum absolute atomic E-state index is 8.66. The Kier molecular flexibility index (Phi) is 37.0. The Morgan fingerprint density at radius 2 is 1.24 bits per heavy atom. The van der Waals surface area contributed by atoms with Crippen molar-refractivity contribution in [3.8, 4) is 0 Å². The second kappa shape index (κ2) is 20.1. The molecule has 94 valence electrons. The molecular formula is C4H9Ca2O10P. The minimum Gasteiger partial charge on any atom is -0.790 e. The molecular weight excluding hydrogens is 319 g/mol. The molecule has 0 spiro atoms. The fraction of sp³-hybridized carbons (Fsp3) is 0.750. The van der Waals surface area contributed by atoms with Gasteiger partial charge in [0, 0.05) is 0 Å². The van der Waals surface area contributed by atoms with Crippen molar-refractivity contribution in [1.29, 1.82) is 0 Å². The molecule has 17 heavy (non-hydrogen) atoms. The Bertz CT molecular complexity index is 178. The van der Waals surface area contributed by atoms with Crippen molar-refractivity contribution in [1.82, 2.24) is 0 Å². The van der Waals surface area contributed by atoms with Gasteiger partial charge in [0.15, 0.2) is 0 Å². The predicted molar refractivity (Wildman–Crippen MR) is 46.9 cm³/mol. The van der Waals surface area contributed by atoms with E-state index in [-0.39, 0.29) is 88.7 Å². The molecule has 0 unspecified atom stereocenters. The Hall–Kier alpha value is 1.78. The summed E-state index contributed by atoms with van der Waals surface area (Å²) in [5.41, 5.74) is 0. The van der Waals surface area contributed by atoms with Gasteiger partial charge in [-0.2, -0.15) is 0 Å². The molecule has 0 aromatic heterocycles. The third-order valence-electron chi connectivity index (χ3n) is 0.421. The van der Waals surface area contributed by atoms with Gasteiger partial charge in [0.1, 0.15) is 6.10 Å². The molecule has 13 heteroatoms. The summed E-state index contributed by atoms with van der Waals surface area (Å²) in [5, 5.41) is 40.7. The topological polar surface area (TPSA) is 207 Å². The SMILES string of the molecule is O=C([O-])[O-].O=P([O-])([O-])O.OCC(O)CO.[Ca+2].[Ca+2]. The van der Waals surface area contributed by atoms with Crippen molar-refractivity contribution < 1.29 is 49.6 Å². The van der Waals surface area contributed by atoms with Crippen LogP contribution in [0.25, 0.3) is 0 Å². The summed E-state index contributed by atoms with van der Waals surface area (Å²) >= 11 is 0. The van der Waals surface area contributed by atoms with Crippen molar-refractivity contribution in [2.75, 3.05) is 13.2 Å². The van der Waals surface area contributed by atoms with Gasteiger partial charge in [-0.15, -0.1) is 0 Å². The normalized spacial score (nSPS) is 8.41. The quantitative estimate of drug-likeness (QED) is 0.278. The van der Waals surface area contributed by atoms with Crippen LogP contribution in [-0.4, -0.2) is 121 Å². The van der Waals surface area contributed by atoms with Crippen LogP contribution < -0.4 is 20.0 Å². The van der Waals surface area contributed by atoms with E-state index in [9.17, 15) is 0 Å². The number of rotatable bonds is 2. The molecule has 0 bridgehead atoms. The van der Waals surface area contributed by atoms with E-state index in [1.807, 2.05) is 0 Å². The van der Waals surface area contributed by atoms with Crippen molar-refractivity contribution in [2.24, 2.45) is 0 Å². The summed E-state index contributed by atoms with van der Waals surface area (Å²) in [4.78, 5) is 32.6. The van der Waals surface area contributed by atoms with Gasteiger partial charge < -0.3 is 49.6 Å². The number of carboxylic acid groups (broad SMARTS) is 2. The second-order valence-corrected chi connectivity index (χ2v) is 2.67. The van der Waals surface area contributed by atoms with Crippen LogP contribution >= 0.6 is 7.82 Å². The molecule has 0 aliphatic heterocycles. The molecule has 0 atom stereocenters. The van der Waals surface area contributed by atoms with Crippen LogP contribution in [0.3, 0.4) is 0 Å². The summed E-state index contributed by atoms with van der Waals surface area (Å²) in [7, 11) is -5.14. The first kappa shape index (κ1) is 31.3. The second-order valence-electron chi connectivity index (χ2n) is 1.74. The fourth-order valence-electron chi connectivity index (χ4n) is 0.0577. The van der Waals surface area contributed by atoms with E-state index in [1.54, 1.807) is 0 Å². The summed E-state index contributed by atoms with van der Waals surface area (Å²) in [6.07, 6.45) is -3.29. The van der Waals surface area contributed by atoms with E-state index in [4.69, 9.17) is 49.6 Å². The molecule has 0 fully saturated rings. The number of phosphoric acid groups is 1. The van der Waals surface area contributed by atoms with Gasteiger partial charge in [-0.1, -0.05) is 0 Å². The van der Waals surface area contributed by atoms with Crippen LogP contribution in [-0.2, 0) is 4.57 Å². The minimum atomic E-state index is -5.14. The first-order chi connectivity index (χ1) is 6.54. The zero-order valence-electron chi connectivity index (χ0n) is 8.59. The molecule has 0 radical (unpaired) electrons. The van der Waals surface area contributed by atoms with Crippen molar-refractivity contribution in [2.45, 2.75) is 6.10 Å². The number of hydrogen-bond donors (Lipinski definition) is 4. The predicted octanol–water partition coefficient (Wildman–Crippen LogP) is -7.07. The maximum Gasteiger partial charge on any atom is 2.00 e. The van der Waals surface area contributed by atoms with E-state index >= 15 is 0 Å². The third kappa shape index (κ3) is 133. The molecule has 0 aliphatic rings. The summed E-state index contributed by atoms with van der Waals surface area (Å²) in [6.45, 7) is -0.729. The number of carbonyl (C=O) groups excluding carboxylic acids is 1. The summed E-state index contributed by atoms with van der Waals surface area (Å²) < 4.78 is 8.66. The van der Waals surface area contributed by atoms with Crippen LogP contribution in [0.2, 0.25) is 0 Å². The molecule has 0 saturated heterocycles. The molecule has 0 aromatic carbocycles. The molecule has 0 saturated carbocycles. The molecule has 0 amide bonds. The summed E-state index contributed by atoms with van der Waals surface area (Å²) in [5.74, 6) is 0. The van der Waals surface area contributed by atoms with Crippen LogP contribution in [0.4, 0.5) is 4.79 Å². The van der Waals surface area contributed by atoms with Gasteiger partial charge in [-0.3, -0.25) is 0 Å². The number of aliphatic hydroxyl groups is 3. The van der Waals surface area contributed by atoms with Gasteiger partial charge in [0.2, 0.25) is 0 Å². The average Bonchev–Trinajstić information content (AvgIpc) is 1.99. The van der Waals surface area contributed by atoms with Gasteiger partial charge in [-0.05, 0) is 6.16 Å². The molecule has 0 aliphatic carbocycles. The van der Waals surface area contributed by atoms with Crippen LogP contribution in [0.1, 0.15) is 0 Å². The van der Waals surface area contributed by atoms with Crippen LogP contribution in [0.15, 0.2) is 0 Å². The molecule has 0 heterocycles. The Balaban J connectivity index is -0.0000000407. The Labute approximate surface area is 156 Å². The third-order valence-corrected chi connectivity index (χ3v) is 0.421. The largest absolute Gasteiger partial charge is 2.00 e. The summed E-state index contributed by atoms with van der Waals surface area (Å²) in [6, 6.07) is 0. The number of aliphatic hydroxyl groups excluding tert-OH is 3. The molecule has 0 rings (SSSR count). The zero-order valence-corrected chi connectivity index (χ0v) is 13.9. The number of hydrogen-bond acceptors (Lipinski definition) is 9. The van der Waals surface area contributed by atoms with E-state index in [0.717, 1.165) is 0 Å². The maximum atomic E-state index is 8.66. The van der Waals surface area contributed by atoms with Gasteiger partial charge in [0.05, 0.1) is 21.0 Å². The molecule has 10 nitrogen and oxygen atoms in total. The van der Waals surface area contributed by atoms with E-state index in [1.165, 1.54) is 0 Å². The minimum absolute atomic E-state index is 0. The Morgan fingerprint density at radius 1 is 1.12 bits per heavy atom.